The first-order valence-electron chi connectivity index (χ1n) is 7.71. The molecule has 0 spiro atoms. The van der Waals surface area contributed by atoms with E-state index in [0.717, 1.165) is 6.42 Å². The lowest BCUT2D eigenvalue weighted by Gasteiger charge is -2.30. The normalized spacial score (nSPS) is 14.5. The molecule has 0 heterocycles. The average Bonchev–Trinajstić information content (AvgIpc) is 2.50. The van der Waals surface area contributed by atoms with Crippen LogP contribution in [0.3, 0.4) is 0 Å². The van der Waals surface area contributed by atoms with Crippen molar-refractivity contribution in [1.82, 2.24) is 5.43 Å². The summed E-state index contributed by atoms with van der Waals surface area (Å²) < 4.78 is 5.90. The van der Waals surface area contributed by atoms with Crippen LogP contribution in [0.1, 0.15) is 26.3 Å². The number of rotatable bonds is 7. The Morgan fingerprint density at radius 1 is 1.10 bits per heavy atom. The molecule has 2 atom stereocenters. The summed E-state index contributed by atoms with van der Waals surface area (Å²) in [4.78, 5) is 0. The molecule has 0 aromatic heterocycles. The van der Waals surface area contributed by atoms with E-state index in [4.69, 9.17) is 10.6 Å². The number of nitrogens with two attached hydrogens (primary N) is 1. The van der Waals surface area contributed by atoms with Gasteiger partial charge in [-0.25, -0.2) is 0 Å². The van der Waals surface area contributed by atoms with Crippen LogP contribution in [0.4, 0.5) is 0 Å². The van der Waals surface area contributed by atoms with Gasteiger partial charge in [-0.1, -0.05) is 56.3 Å². The smallest absolute Gasteiger partial charge is 0.0767 e. The Labute approximate surface area is 127 Å². The molecule has 2 aromatic carbocycles. The third-order valence-corrected chi connectivity index (χ3v) is 3.95. The maximum atomic E-state index is 5.90. The molecule has 0 fully saturated rings. The van der Waals surface area contributed by atoms with Crippen LogP contribution in [-0.4, -0.2) is 18.8 Å². The minimum Gasteiger partial charge on any atom is -0.377 e. The van der Waals surface area contributed by atoms with E-state index in [2.05, 4.69) is 61.7 Å². The lowest BCUT2D eigenvalue weighted by Crippen LogP contribution is -2.48. The third kappa shape index (κ3) is 3.82. The fraction of sp³-hybridized carbons (Fsp3) is 0.444. The first-order chi connectivity index (χ1) is 10.2. The van der Waals surface area contributed by atoms with Gasteiger partial charge in [0.2, 0.25) is 0 Å². The molecular weight excluding hydrogens is 260 g/mol. The van der Waals surface area contributed by atoms with Gasteiger partial charge in [0.15, 0.2) is 0 Å². The fourth-order valence-electron chi connectivity index (χ4n) is 2.94. The minimum atomic E-state index is 0.107. The first-order valence-corrected chi connectivity index (χ1v) is 7.71. The Balaban J connectivity index is 2.27. The van der Waals surface area contributed by atoms with E-state index in [9.17, 15) is 0 Å². The summed E-state index contributed by atoms with van der Waals surface area (Å²) in [5, 5.41) is 2.56. The third-order valence-electron chi connectivity index (χ3n) is 3.95. The Hall–Kier alpha value is -1.42. The van der Waals surface area contributed by atoms with Gasteiger partial charge in [0.05, 0.1) is 12.1 Å². The van der Waals surface area contributed by atoms with Gasteiger partial charge in [-0.05, 0) is 35.6 Å². The van der Waals surface area contributed by atoms with E-state index < -0.39 is 0 Å². The van der Waals surface area contributed by atoms with Crippen LogP contribution in [-0.2, 0) is 11.2 Å². The summed E-state index contributed by atoms with van der Waals surface area (Å²) in [6, 6.07) is 15.0. The SMILES string of the molecule is CCOC(C(C)C)C(Cc1cccc2ccccc12)NN. The van der Waals surface area contributed by atoms with Crippen molar-refractivity contribution in [2.75, 3.05) is 6.61 Å². The number of hydrogen-bond donors (Lipinski definition) is 2. The predicted octanol–water partition coefficient (Wildman–Crippen LogP) is 3.28. The highest BCUT2D eigenvalue weighted by Gasteiger charge is 2.24. The zero-order valence-electron chi connectivity index (χ0n) is 13.2. The molecular formula is C18H26N2O. The molecule has 2 aromatic rings. The Bertz CT molecular complexity index is 563. The highest BCUT2D eigenvalue weighted by atomic mass is 16.5. The van der Waals surface area contributed by atoms with Crippen molar-refractivity contribution in [3.05, 3.63) is 48.0 Å². The molecule has 114 valence electrons. The molecule has 0 bridgehead atoms. The number of ether oxygens (including phenoxy) is 1. The van der Waals surface area contributed by atoms with E-state index in [1.165, 1.54) is 16.3 Å². The highest BCUT2D eigenvalue weighted by Crippen LogP contribution is 2.22. The quantitative estimate of drug-likeness (QED) is 0.606. The van der Waals surface area contributed by atoms with Gasteiger partial charge in [0.1, 0.15) is 0 Å². The fourth-order valence-corrected chi connectivity index (χ4v) is 2.94. The number of hydrazine groups is 1. The van der Waals surface area contributed by atoms with Gasteiger partial charge in [0.25, 0.3) is 0 Å². The average molecular weight is 286 g/mol. The van der Waals surface area contributed by atoms with Crippen molar-refractivity contribution in [2.45, 2.75) is 39.3 Å². The molecule has 3 nitrogen and oxygen atoms in total. The summed E-state index contributed by atoms with van der Waals surface area (Å²) in [5.41, 5.74) is 4.26. The van der Waals surface area contributed by atoms with Gasteiger partial charge in [-0.3, -0.25) is 11.3 Å². The van der Waals surface area contributed by atoms with Gasteiger partial charge < -0.3 is 4.74 Å². The summed E-state index contributed by atoms with van der Waals surface area (Å²) in [7, 11) is 0. The van der Waals surface area contributed by atoms with Crippen molar-refractivity contribution in [3.8, 4) is 0 Å². The molecule has 0 aliphatic carbocycles. The molecule has 0 radical (unpaired) electrons. The zero-order valence-corrected chi connectivity index (χ0v) is 13.2. The van der Waals surface area contributed by atoms with E-state index in [-0.39, 0.29) is 12.1 Å². The maximum Gasteiger partial charge on any atom is 0.0767 e. The number of hydrogen-bond acceptors (Lipinski definition) is 3. The molecule has 0 amide bonds. The van der Waals surface area contributed by atoms with E-state index in [1.54, 1.807) is 0 Å². The Morgan fingerprint density at radius 3 is 2.48 bits per heavy atom. The monoisotopic (exact) mass is 286 g/mol. The Morgan fingerprint density at radius 2 is 1.81 bits per heavy atom. The highest BCUT2D eigenvalue weighted by molar-refractivity contribution is 5.85. The van der Waals surface area contributed by atoms with Crippen LogP contribution in [0, 0.1) is 5.92 Å². The van der Waals surface area contributed by atoms with Crippen molar-refractivity contribution >= 4 is 10.8 Å². The van der Waals surface area contributed by atoms with Gasteiger partial charge in [-0.2, -0.15) is 0 Å². The number of fused-ring (bicyclic) bond motifs is 1. The second kappa shape index (κ2) is 7.55. The van der Waals surface area contributed by atoms with E-state index in [0.29, 0.717) is 12.5 Å². The predicted molar refractivity (Wildman–Crippen MR) is 89.0 cm³/mol. The molecule has 2 unspecified atom stereocenters. The topological polar surface area (TPSA) is 47.3 Å². The van der Waals surface area contributed by atoms with Crippen molar-refractivity contribution in [3.63, 3.8) is 0 Å². The zero-order chi connectivity index (χ0) is 15.2. The standard InChI is InChI=1S/C18H26N2O/c1-4-21-18(13(2)3)17(20-19)12-15-10-7-9-14-8-5-6-11-16(14)15/h5-11,13,17-18,20H,4,12,19H2,1-3H3. The number of nitrogens with one attached hydrogen (secondary N) is 1. The maximum absolute atomic E-state index is 5.90. The number of benzene rings is 2. The van der Waals surface area contributed by atoms with Crippen molar-refractivity contribution in [2.24, 2.45) is 11.8 Å². The molecule has 21 heavy (non-hydrogen) atoms. The van der Waals surface area contributed by atoms with Crippen LogP contribution in [0.2, 0.25) is 0 Å². The summed E-state index contributed by atoms with van der Waals surface area (Å²) in [6.07, 6.45) is 0.972. The van der Waals surface area contributed by atoms with Crippen LogP contribution >= 0.6 is 0 Å². The molecule has 0 saturated carbocycles. The van der Waals surface area contributed by atoms with Crippen LogP contribution < -0.4 is 11.3 Å². The van der Waals surface area contributed by atoms with Crippen LogP contribution in [0.15, 0.2) is 42.5 Å². The second-order valence-corrected chi connectivity index (χ2v) is 5.78. The lowest BCUT2D eigenvalue weighted by molar-refractivity contribution is 0.00363. The van der Waals surface area contributed by atoms with Gasteiger partial charge in [-0.15, -0.1) is 0 Å². The summed E-state index contributed by atoms with van der Waals surface area (Å²) in [6.45, 7) is 7.08. The van der Waals surface area contributed by atoms with E-state index >= 15 is 0 Å². The van der Waals surface area contributed by atoms with E-state index in [1.807, 2.05) is 6.92 Å². The first kappa shape index (κ1) is 16.0. The molecule has 3 N–H and O–H groups in total. The molecule has 0 saturated heterocycles. The van der Waals surface area contributed by atoms with Crippen molar-refractivity contribution in [1.29, 1.82) is 0 Å². The second-order valence-electron chi connectivity index (χ2n) is 5.78. The summed E-state index contributed by atoms with van der Waals surface area (Å²) in [5.74, 6) is 6.22. The molecule has 0 aliphatic rings. The van der Waals surface area contributed by atoms with Crippen LogP contribution in [0.5, 0.6) is 0 Å². The summed E-state index contributed by atoms with van der Waals surface area (Å²) >= 11 is 0. The minimum absolute atomic E-state index is 0.107. The van der Waals surface area contributed by atoms with Crippen molar-refractivity contribution < 1.29 is 4.74 Å². The lowest BCUT2D eigenvalue weighted by atomic mass is 9.92. The molecule has 2 rings (SSSR count). The Kier molecular flexibility index (Phi) is 5.74. The van der Waals surface area contributed by atoms with Gasteiger partial charge >= 0.3 is 0 Å². The largest absolute Gasteiger partial charge is 0.377 e. The van der Waals surface area contributed by atoms with Crippen LogP contribution in [0.25, 0.3) is 10.8 Å². The molecule has 0 aliphatic heterocycles. The van der Waals surface area contributed by atoms with Gasteiger partial charge in [0, 0.05) is 6.61 Å². The molecule has 3 heteroatoms.